The molecule has 3 fully saturated rings. The minimum atomic E-state index is 0.971. The van der Waals surface area contributed by atoms with Crippen LogP contribution in [0.2, 0.25) is 0 Å². The molecule has 0 aromatic carbocycles. The molecule has 1 N–H and O–H groups in total. The zero-order chi connectivity index (χ0) is 6.55. The summed E-state index contributed by atoms with van der Waals surface area (Å²) < 4.78 is 0. The summed E-state index contributed by atoms with van der Waals surface area (Å²) in [5.41, 5.74) is 0. The largest absolute Gasteiger partial charge is 0.312 e. The predicted octanol–water partition coefficient (Wildman–Crippen LogP) is 1.41. The van der Waals surface area contributed by atoms with Gasteiger partial charge in [-0.15, -0.1) is 0 Å². The highest BCUT2D eigenvalue weighted by Crippen LogP contribution is 2.54. The minimum absolute atomic E-state index is 0.971. The van der Waals surface area contributed by atoms with Gasteiger partial charge in [0.2, 0.25) is 0 Å². The molecule has 0 aromatic heterocycles. The first-order chi connectivity index (χ1) is 4.95. The van der Waals surface area contributed by atoms with Crippen LogP contribution >= 0.6 is 0 Å². The molecule has 10 heavy (non-hydrogen) atoms. The van der Waals surface area contributed by atoms with Crippen molar-refractivity contribution in [2.24, 2.45) is 23.7 Å². The fraction of sp³-hybridized carbons (Fsp3) is 0.889. The van der Waals surface area contributed by atoms with Gasteiger partial charge in [-0.05, 0) is 49.5 Å². The van der Waals surface area contributed by atoms with Gasteiger partial charge in [-0.2, -0.15) is 0 Å². The van der Waals surface area contributed by atoms with Crippen LogP contribution in [0.3, 0.4) is 0 Å². The zero-order valence-corrected chi connectivity index (χ0v) is 6.22. The molecule has 4 unspecified atom stereocenters. The minimum Gasteiger partial charge on any atom is -0.312 e. The van der Waals surface area contributed by atoms with Gasteiger partial charge in [0.1, 0.15) is 0 Å². The highest BCUT2D eigenvalue weighted by atomic mass is 14.9. The lowest BCUT2D eigenvalue weighted by atomic mass is 9.82. The Balaban J connectivity index is 1.92. The number of hydrogen-bond acceptors (Lipinski definition) is 1. The van der Waals surface area contributed by atoms with Crippen molar-refractivity contribution in [3.63, 3.8) is 0 Å². The first-order valence-electron chi connectivity index (χ1n) is 4.52. The smallest absolute Gasteiger partial charge is 0.0258 e. The van der Waals surface area contributed by atoms with Gasteiger partial charge in [0, 0.05) is 6.54 Å². The summed E-state index contributed by atoms with van der Waals surface area (Å²) in [6.07, 6.45) is 4.60. The van der Waals surface area contributed by atoms with Crippen molar-refractivity contribution in [3.05, 3.63) is 6.54 Å². The number of hydrogen-bond donors (Lipinski definition) is 1. The summed E-state index contributed by atoms with van der Waals surface area (Å²) in [5, 5.41) is 3.40. The highest BCUT2D eigenvalue weighted by Gasteiger charge is 2.49. The Bertz CT molecular complexity index is 139. The van der Waals surface area contributed by atoms with Crippen LogP contribution in [0.25, 0.3) is 0 Å². The lowest BCUT2D eigenvalue weighted by molar-refractivity contribution is 0.295. The highest BCUT2D eigenvalue weighted by molar-refractivity contribution is 5.05. The van der Waals surface area contributed by atoms with Gasteiger partial charge in [-0.25, -0.2) is 0 Å². The van der Waals surface area contributed by atoms with Crippen molar-refractivity contribution in [1.82, 2.24) is 5.32 Å². The van der Waals surface area contributed by atoms with E-state index in [2.05, 4.69) is 11.9 Å². The van der Waals surface area contributed by atoms with E-state index < -0.39 is 0 Å². The van der Waals surface area contributed by atoms with E-state index in [1.807, 2.05) is 0 Å². The molecule has 1 radical (unpaired) electrons. The Labute approximate surface area is 62.2 Å². The molecule has 4 atom stereocenters. The molecule has 1 saturated heterocycles. The molecule has 2 saturated carbocycles. The Kier molecular flexibility index (Phi) is 0.984. The molecular formula is C9H14N. The van der Waals surface area contributed by atoms with Crippen LogP contribution in [0.15, 0.2) is 0 Å². The number of fused-ring (bicyclic) bond motifs is 5. The van der Waals surface area contributed by atoms with Crippen molar-refractivity contribution in [3.8, 4) is 0 Å². The van der Waals surface area contributed by atoms with Gasteiger partial charge in [0.25, 0.3) is 0 Å². The standard InChI is InChI=1S/C9H14N/c1-2-7-3-6(1)8-4-10-5-9(7)8/h4,6-10H,1-3,5H2. The monoisotopic (exact) mass is 136 g/mol. The molecule has 1 aliphatic heterocycles. The van der Waals surface area contributed by atoms with Crippen molar-refractivity contribution in [1.29, 1.82) is 0 Å². The molecule has 1 nitrogen and oxygen atoms in total. The lowest BCUT2D eigenvalue weighted by Crippen LogP contribution is -2.18. The first-order valence-corrected chi connectivity index (χ1v) is 4.52. The van der Waals surface area contributed by atoms with Gasteiger partial charge >= 0.3 is 0 Å². The Hall–Kier alpha value is -0.0400. The molecule has 1 heterocycles. The van der Waals surface area contributed by atoms with Crippen LogP contribution in [0.1, 0.15) is 19.3 Å². The molecule has 0 aromatic rings. The summed E-state index contributed by atoms with van der Waals surface area (Å²) in [7, 11) is 0. The summed E-state index contributed by atoms with van der Waals surface area (Å²) in [4.78, 5) is 0. The molecule has 55 valence electrons. The SMILES string of the molecule is [CH]1NCC2C3CCC(C3)C12. The van der Waals surface area contributed by atoms with Crippen molar-refractivity contribution >= 4 is 0 Å². The van der Waals surface area contributed by atoms with Gasteiger partial charge in [0.15, 0.2) is 0 Å². The van der Waals surface area contributed by atoms with Gasteiger partial charge in [-0.3, -0.25) is 0 Å². The predicted molar refractivity (Wildman–Crippen MR) is 40.1 cm³/mol. The van der Waals surface area contributed by atoms with E-state index in [-0.39, 0.29) is 0 Å². The number of rotatable bonds is 0. The molecule has 0 amide bonds. The van der Waals surface area contributed by atoms with Crippen molar-refractivity contribution < 1.29 is 0 Å². The van der Waals surface area contributed by atoms with Crippen LogP contribution in [0, 0.1) is 30.2 Å². The Morgan fingerprint density at radius 1 is 1.20 bits per heavy atom. The quantitative estimate of drug-likeness (QED) is 0.531. The second-order valence-corrected chi connectivity index (χ2v) is 4.15. The van der Waals surface area contributed by atoms with Crippen LogP contribution in [-0.2, 0) is 0 Å². The van der Waals surface area contributed by atoms with Gasteiger partial charge < -0.3 is 5.32 Å². The fourth-order valence-electron chi connectivity index (χ4n) is 3.36. The third-order valence-corrected chi connectivity index (χ3v) is 3.82. The molecule has 3 rings (SSSR count). The van der Waals surface area contributed by atoms with E-state index in [9.17, 15) is 0 Å². The van der Waals surface area contributed by atoms with E-state index in [4.69, 9.17) is 0 Å². The third kappa shape index (κ3) is 0.531. The lowest BCUT2D eigenvalue weighted by Gasteiger charge is -2.22. The molecule has 1 heteroatoms. The number of nitrogens with one attached hydrogen (secondary N) is 1. The van der Waals surface area contributed by atoms with Gasteiger partial charge in [-0.1, -0.05) is 0 Å². The second-order valence-electron chi connectivity index (χ2n) is 4.15. The Morgan fingerprint density at radius 2 is 2.10 bits per heavy atom. The molecule has 2 aliphatic carbocycles. The van der Waals surface area contributed by atoms with Crippen LogP contribution in [0.5, 0.6) is 0 Å². The maximum atomic E-state index is 3.40. The van der Waals surface area contributed by atoms with Gasteiger partial charge in [0.05, 0.1) is 0 Å². The average molecular weight is 136 g/mol. The first kappa shape index (κ1) is 5.59. The third-order valence-electron chi connectivity index (χ3n) is 3.82. The maximum Gasteiger partial charge on any atom is 0.0258 e. The van der Waals surface area contributed by atoms with E-state index >= 15 is 0 Å². The van der Waals surface area contributed by atoms with Crippen LogP contribution in [-0.4, -0.2) is 6.54 Å². The summed E-state index contributed by atoms with van der Waals surface area (Å²) in [6.45, 7) is 3.65. The fourth-order valence-corrected chi connectivity index (χ4v) is 3.36. The topological polar surface area (TPSA) is 12.0 Å². The zero-order valence-electron chi connectivity index (χ0n) is 6.22. The molecule has 0 spiro atoms. The average Bonchev–Trinajstić information content (AvgIpc) is 2.60. The van der Waals surface area contributed by atoms with E-state index in [0.29, 0.717) is 0 Å². The normalized spacial score (nSPS) is 57.6. The summed E-state index contributed by atoms with van der Waals surface area (Å²) in [5.74, 6) is 4.18. The Morgan fingerprint density at radius 3 is 3.00 bits per heavy atom. The van der Waals surface area contributed by atoms with Crippen LogP contribution < -0.4 is 5.32 Å². The molecule has 2 bridgehead atoms. The summed E-state index contributed by atoms with van der Waals surface area (Å²) >= 11 is 0. The second kappa shape index (κ2) is 1.76. The molecular weight excluding hydrogens is 122 g/mol. The van der Waals surface area contributed by atoms with E-state index in [1.165, 1.54) is 19.4 Å². The molecule has 3 aliphatic rings. The van der Waals surface area contributed by atoms with Crippen molar-refractivity contribution in [2.75, 3.05) is 6.54 Å². The maximum absolute atomic E-state index is 3.40. The van der Waals surface area contributed by atoms with E-state index in [1.54, 1.807) is 6.42 Å². The van der Waals surface area contributed by atoms with Crippen molar-refractivity contribution in [2.45, 2.75) is 19.3 Å². The van der Waals surface area contributed by atoms with Crippen LogP contribution in [0.4, 0.5) is 0 Å². The van der Waals surface area contributed by atoms with E-state index in [0.717, 1.165) is 23.7 Å². The summed E-state index contributed by atoms with van der Waals surface area (Å²) in [6, 6.07) is 0.